The summed E-state index contributed by atoms with van der Waals surface area (Å²) in [5, 5.41) is 19.0. The molecule has 5 nitrogen and oxygen atoms in total. The van der Waals surface area contributed by atoms with Crippen molar-refractivity contribution < 1.29 is 15.0 Å². The van der Waals surface area contributed by atoms with Gasteiger partial charge in [0.1, 0.15) is 16.8 Å². The second-order valence-corrected chi connectivity index (χ2v) is 5.17. The first kappa shape index (κ1) is 11.2. The van der Waals surface area contributed by atoms with Gasteiger partial charge in [-0.2, -0.15) is 0 Å². The number of phenols is 1. The molecule has 0 bridgehead atoms. The fraction of sp³-hybridized carbons (Fsp3) is 0.250. The molecule has 2 aromatic rings. The minimum atomic E-state index is -0.885. The molecule has 1 aliphatic heterocycles. The van der Waals surface area contributed by atoms with Gasteiger partial charge in [-0.15, -0.1) is 11.3 Å². The lowest BCUT2D eigenvalue weighted by molar-refractivity contribution is -0.138. The fourth-order valence-corrected chi connectivity index (χ4v) is 2.99. The number of benzene rings is 1. The van der Waals surface area contributed by atoms with Crippen molar-refractivity contribution in [1.29, 1.82) is 0 Å². The molecule has 3 rings (SSSR count). The Morgan fingerprint density at radius 3 is 3.00 bits per heavy atom. The van der Waals surface area contributed by atoms with Crippen LogP contribution in [0.1, 0.15) is 17.8 Å². The van der Waals surface area contributed by atoms with Crippen molar-refractivity contribution >= 4 is 33.2 Å². The van der Waals surface area contributed by atoms with Crippen LogP contribution in [0.5, 0.6) is 5.75 Å². The van der Waals surface area contributed by atoms with Crippen molar-refractivity contribution in [2.24, 2.45) is 4.99 Å². The first-order valence-corrected chi connectivity index (χ1v) is 6.34. The number of aromatic hydroxyl groups is 1. The number of aromatic nitrogens is 1. The lowest BCUT2D eigenvalue weighted by Crippen LogP contribution is -2.13. The maximum Gasteiger partial charge on any atom is 0.328 e. The molecule has 92 valence electrons. The number of carboxylic acids is 1. The highest BCUT2D eigenvalue weighted by Gasteiger charge is 2.25. The first-order valence-electron chi connectivity index (χ1n) is 5.53. The van der Waals surface area contributed by atoms with E-state index in [1.54, 1.807) is 18.2 Å². The molecule has 0 amide bonds. The van der Waals surface area contributed by atoms with Crippen LogP contribution in [0.25, 0.3) is 10.2 Å². The average molecular weight is 262 g/mol. The van der Waals surface area contributed by atoms with Gasteiger partial charge < -0.3 is 10.2 Å². The lowest BCUT2D eigenvalue weighted by Gasteiger charge is -1.94. The minimum Gasteiger partial charge on any atom is -0.508 e. The summed E-state index contributed by atoms with van der Waals surface area (Å²) in [5.41, 5.74) is 1.55. The quantitative estimate of drug-likeness (QED) is 0.867. The molecule has 0 unspecified atom stereocenters. The highest BCUT2D eigenvalue weighted by Crippen LogP contribution is 2.29. The summed E-state index contributed by atoms with van der Waals surface area (Å²) in [6.07, 6.45) is 1.18. The van der Waals surface area contributed by atoms with Gasteiger partial charge >= 0.3 is 5.97 Å². The molecular formula is C12H10N2O3S. The van der Waals surface area contributed by atoms with Crippen LogP contribution in [-0.4, -0.2) is 32.9 Å². The third-order valence-electron chi connectivity index (χ3n) is 2.87. The summed E-state index contributed by atoms with van der Waals surface area (Å²) in [6, 6.07) is 4.35. The number of aliphatic imine (C=N–C) groups is 1. The molecule has 0 spiro atoms. The van der Waals surface area contributed by atoms with Crippen LogP contribution in [0, 0.1) is 0 Å². The Morgan fingerprint density at radius 2 is 2.28 bits per heavy atom. The number of thiazole rings is 1. The van der Waals surface area contributed by atoms with Crippen molar-refractivity contribution in [3.63, 3.8) is 0 Å². The Hall–Kier alpha value is -1.95. The number of aliphatic carboxylic acids is 1. The SMILES string of the molecule is O=C(O)[C@H]1CCC(c2nc3ccc(O)cc3s2)=N1. The Kier molecular flexibility index (Phi) is 2.52. The summed E-state index contributed by atoms with van der Waals surface area (Å²) in [6.45, 7) is 0. The second kappa shape index (κ2) is 4.06. The predicted octanol–water partition coefficient (Wildman–Crippen LogP) is 2.04. The maximum absolute atomic E-state index is 10.8. The van der Waals surface area contributed by atoms with E-state index in [9.17, 15) is 9.90 Å². The van der Waals surface area contributed by atoms with Gasteiger partial charge in [0.25, 0.3) is 0 Å². The van der Waals surface area contributed by atoms with Gasteiger partial charge in [-0.05, 0) is 31.0 Å². The van der Waals surface area contributed by atoms with Gasteiger partial charge in [0.15, 0.2) is 0 Å². The number of carbonyl (C=O) groups is 1. The fourth-order valence-electron chi connectivity index (χ4n) is 1.97. The molecule has 1 aromatic heterocycles. The average Bonchev–Trinajstić information content (AvgIpc) is 2.93. The van der Waals surface area contributed by atoms with Crippen LogP contribution in [0.15, 0.2) is 23.2 Å². The Morgan fingerprint density at radius 1 is 1.44 bits per heavy atom. The summed E-state index contributed by atoms with van der Waals surface area (Å²) in [5.74, 6) is -0.682. The van der Waals surface area contributed by atoms with E-state index in [-0.39, 0.29) is 5.75 Å². The van der Waals surface area contributed by atoms with E-state index in [1.807, 2.05) is 0 Å². The standard InChI is InChI=1S/C12H10N2O3S/c15-6-1-2-7-10(5-6)18-11(14-7)8-3-4-9(13-8)12(16)17/h1-2,5,9,15H,3-4H2,(H,16,17)/t9-/m1/s1. The van der Waals surface area contributed by atoms with E-state index in [0.29, 0.717) is 12.8 Å². The van der Waals surface area contributed by atoms with Crippen molar-refractivity contribution in [2.45, 2.75) is 18.9 Å². The number of hydrogen-bond donors (Lipinski definition) is 2. The normalized spacial score (nSPS) is 19.1. The molecule has 0 saturated carbocycles. The van der Waals surface area contributed by atoms with E-state index in [0.717, 1.165) is 20.9 Å². The van der Waals surface area contributed by atoms with Crippen LogP contribution in [0.4, 0.5) is 0 Å². The number of fused-ring (bicyclic) bond motifs is 1. The van der Waals surface area contributed by atoms with Crippen LogP contribution in [0.3, 0.4) is 0 Å². The van der Waals surface area contributed by atoms with Crippen LogP contribution in [-0.2, 0) is 4.79 Å². The maximum atomic E-state index is 10.8. The minimum absolute atomic E-state index is 0.203. The van der Waals surface area contributed by atoms with Crippen LogP contribution < -0.4 is 0 Å². The zero-order chi connectivity index (χ0) is 12.7. The molecule has 1 atom stereocenters. The molecule has 2 heterocycles. The number of carboxylic acid groups (broad SMARTS) is 1. The van der Waals surface area contributed by atoms with E-state index in [2.05, 4.69) is 9.98 Å². The number of rotatable bonds is 2. The zero-order valence-corrected chi connectivity index (χ0v) is 10.1. The molecule has 0 saturated heterocycles. The van der Waals surface area contributed by atoms with Gasteiger partial charge in [-0.3, -0.25) is 4.99 Å². The topological polar surface area (TPSA) is 82.8 Å². The van der Waals surface area contributed by atoms with E-state index < -0.39 is 12.0 Å². The molecule has 1 aromatic carbocycles. The monoisotopic (exact) mass is 262 g/mol. The first-order chi connectivity index (χ1) is 8.63. The molecule has 6 heteroatoms. The molecular weight excluding hydrogens is 252 g/mol. The smallest absolute Gasteiger partial charge is 0.328 e. The Bertz CT molecular complexity index is 662. The highest BCUT2D eigenvalue weighted by molar-refractivity contribution is 7.20. The summed E-state index contributed by atoms with van der Waals surface area (Å²) < 4.78 is 0.881. The third kappa shape index (κ3) is 1.84. The van der Waals surface area contributed by atoms with E-state index >= 15 is 0 Å². The largest absolute Gasteiger partial charge is 0.508 e. The van der Waals surface area contributed by atoms with Gasteiger partial charge in [0.2, 0.25) is 0 Å². The molecule has 1 aliphatic rings. The van der Waals surface area contributed by atoms with Crippen LogP contribution in [0.2, 0.25) is 0 Å². The lowest BCUT2D eigenvalue weighted by atomic mass is 10.2. The number of phenolic OH excluding ortho intramolecular Hbond substituents is 1. The van der Waals surface area contributed by atoms with Gasteiger partial charge in [-0.1, -0.05) is 0 Å². The van der Waals surface area contributed by atoms with E-state index in [1.165, 1.54) is 11.3 Å². The zero-order valence-electron chi connectivity index (χ0n) is 9.33. The molecule has 0 radical (unpaired) electrons. The molecule has 2 N–H and O–H groups in total. The Labute approximate surface area is 106 Å². The summed E-state index contributed by atoms with van der Waals surface area (Å²) >= 11 is 1.43. The molecule has 0 aliphatic carbocycles. The van der Waals surface area contributed by atoms with Crippen molar-refractivity contribution in [3.05, 3.63) is 23.2 Å². The highest BCUT2D eigenvalue weighted by atomic mass is 32.1. The number of nitrogens with zero attached hydrogens (tertiary/aromatic N) is 2. The second-order valence-electron chi connectivity index (χ2n) is 4.14. The third-order valence-corrected chi connectivity index (χ3v) is 3.94. The molecule has 0 fully saturated rings. The van der Waals surface area contributed by atoms with Gasteiger partial charge in [0, 0.05) is 0 Å². The number of hydrogen-bond acceptors (Lipinski definition) is 5. The van der Waals surface area contributed by atoms with Gasteiger partial charge in [-0.25, -0.2) is 9.78 Å². The Balaban J connectivity index is 2.00. The van der Waals surface area contributed by atoms with Crippen molar-refractivity contribution in [3.8, 4) is 5.75 Å². The van der Waals surface area contributed by atoms with E-state index in [4.69, 9.17) is 5.11 Å². The van der Waals surface area contributed by atoms with Crippen molar-refractivity contribution in [1.82, 2.24) is 4.98 Å². The molecule has 18 heavy (non-hydrogen) atoms. The predicted molar refractivity (Wildman–Crippen MR) is 68.5 cm³/mol. The summed E-state index contributed by atoms with van der Waals surface area (Å²) in [7, 11) is 0. The summed E-state index contributed by atoms with van der Waals surface area (Å²) in [4.78, 5) is 19.4. The van der Waals surface area contributed by atoms with Crippen LogP contribution >= 0.6 is 11.3 Å². The van der Waals surface area contributed by atoms with Gasteiger partial charge in [0.05, 0.1) is 15.9 Å². The van der Waals surface area contributed by atoms with Crippen molar-refractivity contribution in [2.75, 3.05) is 0 Å².